The molecule has 0 N–H and O–H groups in total. The Balaban J connectivity index is 2.74. The first-order valence-electron chi connectivity index (χ1n) is 4.26. The minimum atomic E-state index is -0.183. The van der Waals surface area contributed by atoms with Crippen LogP contribution in [0.1, 0.15) is 34.6 Å². The van der Waals surface area contributed by atoms with Gasteiger partial charge in [0.2, 0.25) is 0 Å². The van der Waals surface area contributed by atoms with Gasteiger partial charge in [-0.1, -0.05) is 29.5 Å². The average molecular weight is 282 g/mol. The van der Waals surface area contributed by atoms with Gasteiger partial charge in [-0.05, 0) is 27.7 Å². The molecule has 0 aromatic rings. The molecule has 0 radical (unpaired) electrons. The summed E-state index contributed by atoms with van der Waals surface area (Å²) in [6.07, 6.45) is 0. The number of alkyl halides is 1. The van der Waals surface area contributed by atoms with Gasteiger partial charge >= 0.3 is 7.12 Å². The molecule has 1 atom stereocenters. The molecule has 1 heterocycles. The van der Waals surface area contributed by atoms with Crippen LogP contribution in [-0.4, -0.2) is 22.1 Å². The summed E-state index contributed by atoms with van der Waals surface area (Å²) >= 11 is 2.33. The molecule has 1 aliphatic rings. The van der Waals surface area contributed by atoms with Crippen LogP contribution in [0.4, 0.5) is 0 Å². The molecule has 2 nitrogen and oxygen atoms in total. The third-order valence-corrected chi connectivity index (χ3v) is 3.23. The molecule has 0 aliphatic carbocycles. The van der Waals surface area contributed by atoms with Crippen LogP contribution in [0.5, 0.6) is 0 Å². The fourth-order valence-corrected chi connectivity index (χ4v) is 1.37. The molecule has 12 heavy (non-hydrogen) atoms. The summed E-state index contributed by atoms with van der Waals surface area (Å²) in [6, 6.07) is 0. The largest absolute Gasteiger partial charge is 0.471 e. The highest BCUT2D eigenvalue weighted by Gasteiger charge is 2.52. The summed E-state index contributed by atoms with van der Waals surface area (Å²) in [5, 5.41) is 0. The summed E-state index contributed by atoms with van der Waals surface area (Å²) in [5.74, 6) is 0. The Kier molecular flexibility index (Phi) is 2.82. The molecule has 0 aromatic heterocycles. The van der Waals surface area contributed by atoms with E-state index < -0.39 is 0 Å². The summed E-state index contributed by atoms with van der Waals surface area (Å²) in [5.41, 5.74) is -0.367. The van der Waals surface area contributed by atoms with Gasteiger partial charge in [-0.25, -0.2) is 0 Å². The molecule has 1 rings (SSSR count). The van der Waals surface area contributed by atoms with Gasteiger partial charge in [-0.15, -0.1) is 0 Å². The highest BCUT2D eigenvalue weighted by Crippen LogP contribution is 2.38. The predicted molar refractivity (Wildman–Crippen MR) is 59.6 cm³/mol. The van der Waals surface area contributed by atoms with Gasteiger partial charge < -0.3 is 9.31 Å². The van der Waals surface area contributed by atoms with Crippen molar-refractivity contribution in [1.29, 1.82) is 0 Å². The van der Waals surface area contributed by atoms with E-state index in [-0.39, 0.29) is 18.3 Å². The maximum Gasteiger partial charge on any atom is 0.471 e. The molecule has 1 fully saturated rings. The van der Waals surface area contributed by atoms with Crippen LogP contribution >= 0.6 is 22.6 Å². The van der Waals surface area contributed by atoms with E-state index in [1.165, 1.54) is 0 Å². The summed E-state index contributed by atoms with van der Waals surface area (Å²) in [6.45, 7) is 10.4. The fourth-order valence-electron chi connectivity index (χ4n) is 1.08. The molecule has 0 spiro atoms. The fraction of sp³-hybridized carbons (Fsp3) is 1.00. The van der Waals surface area contributed by atoms with Gasteiger partial charge in [0.15, 0.2) is 0 Å². The zero-order chi connectivity index (χ0) is 9.57. The molecular weight excluding hydrogens is 266 g/mol. The van der Waals surface area contributed by atoms with Gasteiger partial charge in [0.25, 0.3) is 0 Å². The minimum Gasteiger partial charge on any atom is -0.403 e. The number of halogens is 1. The van der Waals surface area contributed by atoms with Gasteiger partial charge in [-0.3, -0.25) is 0 Å². The van der Waals surface area contributed by atoms with Crippen molar-refractivity contribution in [2.75, 3.05) is 0 Å². The second kappa shape index (κ2) is 3.13. The number of hydrogen-bond donors (Lipinski definition) is 0. The predicted octanol–water partition coefficient (Wildman–Crippen LogP) is 2.44. The van der Waals surface area contributed by atoms with Crippen LogP contribution in [0.15, 0.2) is 0 Å². The molecule has 0 unspecified atom stereocenters. The van der Waals surface area contributed by atoms with Gasteiger partial charge in [-0.2, -0.15) is 0 Å². The monoisotopic (exact) mass is 282 g/mol. The maximum atomic E-state index is 5.80. The third-order valence-electron chi connectivity index (χ3n) is 2.65. The van der Waals surface area contributed by atoms with Gasteiger partial charge in [0.1, 0.15) is 0 Å². The van der Waals surface area contributed by atoms with E-state index >= 15 is 0 Å². The minimum absolute atomic E-state index is 0.0596. The highest BCUT2D eigenvalue weighted by molar-refractivity contribution is 14.1. The molecule has 0 saturated carbocycles. The first kappa shape index (κ1) is 10.8. The summed E-state index contributed by atoms with van der Waals surface area (Å²) in [4.78, 5) is 0. The van der Waals surface area contributed by atoms with Crippen molar-refractivity contribution in [3.05, 3.63) is 0 Å². The molecule has 1 aliphatic heterocycles. The average Bonchev–Trinajstić information content (AvgIpc) is 2.03. The number of hydrogen-bond acceptors (Lipinski definition) is 2. The first-order valence-corrected chi connectivity index (χ1v) is 5.50. The summed E-state index contributed by atoms with van der Waals surface area (Å²) in [7, 11) is -0.0596. The Morgan fingerprint density at radius 2 is 1.42 bits per heavy atom. The van der Waals surface area contributed by atoms with Crippen LogP contribution in [-0.2, 0) is 9.31 Å². The van der Waals surface area contributed by atoms with Gasteiger partial charge in [0.05, 0.1) is 11.2 Å². The van der Waals surface area contributed by atoms with Crippen molar-refractivity contribution in [2.45, 2.75) is 49.6 Å². The van der Waals surface area contributed by atoms with Crippen molar-refractivity contribution in [1.82, 2.24) is 0 Å². The van der Waals surface area contributed by atoms with E-state index in [4.69, 9.17) is 9.31 Å². The maximum absolute atomic E-state index is 5.80. The molecule has 70 valence electrons. The van der Waals surface area contributed by atoms with Crippen LogP contribution in [0.25, 0.3) is 0 Å². The topological polar surface area (TPSA) is 18.5 Å². The Hall–Kier alpha value is 0.715. The molecule has 0 aromatic carbocycles. The van der Waals surface area contributed by atoms with Crippen LogP contribution < -0.4 is 0 Å². The highest BCUT2D eigenvalue weighted by atomic mass is 127. The lowest BCUT2D eigenvalue weighted by Gasteiger charge is -2.32. The molecule has 1 saturated heterocycles. The molecular formula is C8H16BIO2. The van der Waals surface area contributed by atoms with Crippen LogP contribution in [0, 0.1) is 0 Å². The Bertz CT molecular complexity index is 164. The van der Waals surface area contributed by atoms with Crippen molar-refractivity contribution in [3.63, 3.8) is 0 Å². The van der Waals surface area contributed by atoms with E-state index in [1.54, 1.807) is 0 Å². The van der Waals surface area contributed by atoms with Crippen molar-refractivity contribution < 1.29 is 9.31 Å². The second-order valence-corrected chi connectivity index (χ2v) is 6.27. The van der Waals surface area contributed by atoms with Crippen molar-refractivity contribution in [2.24, 2.45) is 0 Å². The standard InChI is InChI=1S/C8H16BIO2/c1-6(10)9-11-7(2,3)8(4,5)12-9/h6H,1-5H3/t6-/m1/s1. The molecule has 0 bridgehead atoms. The third kappa shape index (κ3) is 1.80. The molecule has 0 amide bonds. The molecule has 4 heteroatoms. The lowest BCUT2D eigenvalue weighted by molar-refractivity contribution is 0.00578. The lowest BCUT2D eigenvalue weighted by atomic mass is 9.86. The van der Waals surface area contributed by atoms with Crippen molar-refractivity contribution in [3.8, 4) is 0 Å². The normalized spacial score (nSPS) is 29.0. The van der Waals surface area contributed by atoms with Crippen LogP contribution in [0.2, 0.25) is 0 Å². The summed E-state index contributed by atoms with van der Waals surface area (Å²) < 4.78 is 12.0. The zero-order valence-corrected chi connectivity index (χ0v) is 10.5. The van der Waals surface area contributed by atoms with Crippen LogP contribution in [0.3, 0.4) is 0 Å². The Labute approximate surface area is 88.7 Å². The number of rotatable bonds is 1. The zero-order valence-electron chi connectivity index (χ0n) is 8.35. The van der Waals surface area contributed by atoms with E-state index in [2.05, 4.69) is 57.2 Å². The van der Waals surface area contributed by atoms with E-state index in [1.807, 2.05) is 0 Å². The Morgan fingerprint density at radius 3 is 1.58 bits per heavy atom. The Morgan fingerprint density at radius 1 is 1.08 bits per heavy atom. The second-order valence-electron chi connectivity index (χ2n) is 4.30. The van der Waals surface area contributed by atoms with E-state index in [9.17, 15) is 0 Å². The SMILES string of the molecule is C[C@@H](I)B1OC(C)(C)C(C)(C)O1. The smallest absolute Gasteiger partial charge is 0.403 e. The van der Waals surface area contributed by atoms with Crippen molar-refractivity contribution >= 4 is 29.7 Å². The van der Waals surface area contributed by atoms with E-state index in [0.717, 1.165) is 0 Å². The first-order chi connectivity index (χ1) is 5.26. The van der Waals surface area contributed by atoms with Gasteiger partial charge in [0, 0.05) is 3.82 Å². The van der Waals surface area contributed by atoms with E-state index in [0.29, 0.717) is 3.82 Å². The quantitative estimate of drug-likeness (QED) is 0.418. The lowest BCUT2D eigenvalue weighted by Crippen LogP contribution is -2.41.